The number of hydrogen-bond donors (Lipinski definition) is 4. The molecule has 0 aromatic rings. The van der Waals surface area contributed by atoms with Crippen molar-refractivity contribution in [1.29, 1.82) is 0 Å². The molecule has 0 saturated heterocycles. The number of carboxylic acids is 1. The van der Waals surface area contributed by atoms with Gasteiger partial charge >= 0.3 is 5.97 Å². The number of halogens is 1. The number of carbonyl (C=O) groups is 1. The second-order valence-corrected chi connectivity index (χ2v) is 2.39. The molecule has 0 amide bonds. The number of hydrogen-bond acceptors (Lipinski definition) is 3. The first-order valence-corrected chi connectivity index (χ1v) is 3.58. The lowest BCUT2D eigenvalue weighted by atomic mass is 11.1. The summed E-state index contributed by atoms with van der Waals surface area (Å²) in [6.45, 7) is 0.420. The van der Waals surface area contributed by atoms with Crippen LogP contribution in [0.15, 0.2) is 4.99 Å². The van der Waals surface area contributed by atoms with Crippen molar-refractivity contribution in [2.75, 3.05) is 6.54 Å². The zero-order valence-corrected chi connectivity index (χ0v) is 7.96. The van der Waals surface area contributed by atoms with Crippen LogP contribution in [-0.4, -0.2) is 29.6 Å². The molecule has 0 aliphatic heterocycles. The molecule has 78 valence electrons. The quantitative estimate of drug-likeness (QED) is 0.153. The Hall–Kier alpha value is -1.01. The third-order valence-electron chi connectivity index (χ3n) is 1.28. The fourth-order valence-corrected chi connectivity index (χ4v) is 0.643. The second kappa shape index (κ2) is 7.63. The SMILES string of the molecule is Cl.[15NH2][13C]([15NH2])=[15N][13CH2][13CH2][13CH2][13C@H]([15NH2])[13C](=O)O. The van der Waals surface area contributed by atoms with Gasteiger partial charge in [0.15, 0.2) is 5.96 Å². The summed E-state index contributed by atoms with van der Waals surface area (Å²) in [7, 11) is 0. The molecule has 0 bridgehead atoms. The van der Waals surface area contributed by atoms with Crippen molar-refractivity contribution >= 4 is 24.3 Å². The van der Waals surface area contributed by atoms with Crippen molar-refractivity contribution < 1.29 is 9.90 Å². The minimum absolute atomic E-state index is 0. The lowest BCUT2D eigenvalue weighted by molar-refractivity contribution is -0.138. The average Bonchev–Trinajstić information content (AvgIpc) is 1.97. The van der Waals surface area contributed by atoms with E-state index >= 15 is 0 Å². The molecule has 0 spiro atoms. The summed E-state index contributed by atoms with van der Waals surface area (Å²) in [6.07, 6.45) is 0.956. The second-order valence-electron chi connectivity index (χ2n) is 2.39. The predicted octanol–water partition coefficient (Wildman–Crippen LogP) is -1.13. The van der Waals surface area contributed by atoms with Crippen LogP contribution < -0.4 is 17.2 Å². The van der Waals surface area contributed by atoms with Crippen molar-refractivity contribution in [3.63, 3.8) is 0 Å². The summed E-state index contributed by atoms with van der Waals surface area (Å²) in [5.74, 6) is -0.987. The van der Waals surface area contributed by atoms with Crippen molar-refractivity contribution in [1.82, 2.24) is 0 Å². The molecule has 0 unspecified atom stereocenters. The van der Waals surface area contributed by atoms with Gasteiger partial charge in [-0.3, -0.25) is 9.79 Å². The Morgan fingerprint density at radius 1 is 1.46 bits per heavy atom. The Morgan fingerprint density at radius 2 is 2.00 bits per heavy atom. The molecule has 0 saturated carbocycles. The summed E-state index contributed by atoms with van der Waals surface area (Å²) < 4.78 is 0. The number of aliphatic imine (C=N–C) groups is 1. The molecule has 6 nitrogen and oxygen atoms in total. The molecule has 0 aliphatic rings. The number of nitrogens with two attached hydrogens (primary N) is 3. The minimum atomic E-state index is -1.00. The highest BCUT2D eigenvalue weighted by Crippen LogP contribution is 1.94. The molecule has 13 heavy (non-hydrogen) atoms. The molecule has 0 rings (SSSR count). The molecular formula is C6H15ClN4O2. The summed E-state index contributed by atoms with van der Waals surface area (Å²) in [5, 5.41) is 8.38. The van der Waals surface area contributed by atoms with Crippen molar-refractivity contribution in [2.45, 2.75) is 18.9 Å². The van der Waals surface area contributed by atoms with Crippen LogP contribution in [0.5, 0.6) is 0 Å². The summed E-state index contributed by atoms with van der Waals surface area (Å²) in [6, 6.07) is -0.820. The maximum absolute atomic E-state index is 10.2. The Kier molecular flexibility index (Phi) is 8.52. The predicted molar refractivity (Wildman–Crippen MR) is 52.8 cm³/mol. The van der Waals surface area contributed by atoms with Crippen molar-refractivity contribution in [2.24, 2.45) is 22.2 Å². The van der Waals surface area contributed by atoms with Gasteiger partial charge in [0.1, 0.15) is 6.04 Å². The monoisotopic (exact) mass is 220 g/mol. The number of nitrogens with zero attached hydrogens (tertiary/aromatic N) is 1. The maximum atomic E-state index is 10.2. The highest BCUT2D eigenvalue weighted by atomic mass is 35.5. The van der Waals surface area contributed by atoms with E-state index in [2.05, 4.69) is 4.99 Å². The maximum Gasteiger partial charge on any atom is 0.320 e. The van der Waals surface area contributed by atoms with Gasteiger partial charge in [0.25, 0.3) is 0 Å². The largest absolute Gasteiger partial charge is 0.480 e. The van der Waals surface area contributed by atoms with Crippen LogP contribution in [0.25, 0.3) is 0 Å². The summed E-state index contributed by atoms with van der Waals surface area (Å²) >= 11 is 0. The van der Waals surface area contributed by atoms with Gasteiger partial charge in [-0.15, -0.1) is 12.4 Å². The van der Waals surface area contributed by atoms with Crippen molar-refractivity contribution in [3.05, 3.63) is 0 Å². The summed E-state index contributed by atoms with van der Waals surface area (Å²) in [5.41, 5.74) is 15.3. The smallest absolute Gasteiger partial charge is 0.320 e. The van der Waals surface area contributed by atoms with Gasteiger partial charge in [-0.1, -0.05) is 0 Å². The van der Waals surface area contributed by atoms with E-state index in [0.717, 1.165) is 0 Å². The van der Waals surface area contributed by atoms with Crippen LogP contribution in [0.3, 0.4) is 0 Å². The van der Waals surface area contributed by atoms with Crippen LogP contribution in [0.1, 0.15) is 12.8 Å². The van der Waals surface area contributed by atoms with Gasteiger partial charge in [0.05, 0.1) is 0 Å². The van der Waals surface area contributed by atoms with Crippen LogP contribution >= 0.6 is 12.4 Å². The standard InChI is InChI=1S/C6H14N4O2.ClH/c7-4(5(11)12)2-1-3-10-6(8)9;/h4H,1-3,7H2,(H,11,12)(H4,8,9,10);1H/t4-;/m0./s1/i1+1,2+1,3+1,4+1,5+1,6+1,7+1,8+1,9+1,10+1;. The zero-order chi connectivity index (χ0) is 9.56. The Bertz CT molecular complexity index is 181. The fraction of sp³-hybridized carbons (Fsp3) is 0.667. The average molecular weight is 221 g/mol. The zero-order valence-electron chi connectivity index (χ0n) is 7.14. The van der Waals surface area contributed by atoms with Gasteiger partial charge in [0, 0.05) is 6.54 Å². The molecule has 1 atom stereocenters. The first-order chi connectivity index (χ1) is 5.54. The number of rotatable bonds is 5. The third-order valence-corrected chi connectivity index (χ3v) is 1.28. The first kappa shape index (κ1) is 14.5. The molecule has 7 N–H and O–H groups in total. The number of carboxylic acid groups (broad SMARTS) is 1. The molecule has 0 aromatic carbocycles. The van der Waals surface area contributed by atoms with E-state index in [0.29, 0.717) is 19.4 Å². The van der Waals surface area contributed by atoms with Crippen LogP contribution in [0.2, 0.25) is 0 Å². The van der Waals surface area contributed by atoms with E-state index in [4.69, 9.17) is 22.3 Å². The molecule has 0 aromatic heterocycles. The Labute approximate surface area is 82.6 Å². The normalized spacial score (nSPS) is 11.2. The molecule has 0 heterocycles. The van der Waals surface area contributed by atoms with E-state index in [9.17, 15) is 4.79 Å². The van der Waals surface area contributed by atoms with E-state index < -0.39 is 12.0 Å². The van der Waals surface area contributed by atoms with Gasteiger partial charge < -0.3 is 22.3 Å². The fourth-order valence-electron chi connectivity index (χ4n) is 0.643. The third kappa shape index (κ3) is 8.90. The van der Waals surface area contributed by atoms with E-state index in [1.54, 1.807) is 0 Å². The van der Waals surface area contributed by atoms with E-state index in [1.165, 1.54) is 0 Å². The Morgan fingerprint density at radius 3 is 2.38 bits per heavy atom. The molecular weight excluding hydrogens is 205 g/mol. The van der Waals surface area contributed by atoms with Crippen LogP contribution in [0, 0.1) is 0 Å². The topological polar surface area (TPSA) is 128 Å². The molecule has 7 heteroatoms. The Balaban J connectivity index is 0. The van der Waals surface area contributed by atoms with Gasteiger partial charge in [-0.25, -0.2) is 0 Å². The van der Waals surface area contributed by atoms with Gasteiger partial charge in [0.2, 0.25) is 0 Å². The van der Waals surface area contributed by atoms with Crippen LogP contribution in [-0.2, 0) is 4.79 Å². The molecule has 0 aliphatic carbocycles. The molecule has 0 fully saturated rings. The highest BCUT2D eigenvalue weighted by Gasteiger charge is 2.09. The lowest BCUT2D eigenvalue weighted by Gasteiger charge is -2.03. The summed E-state index contributed by atoms with van der Waals surface area (Å²) in [4.78, 5) is 13.9. The van der Waals surface area contributed by atoms with E-state index in [1.807, 2.05) is 0 Å². The number of guanidine groups is 1. The van der Waals surface area contributed by atoms with Gasteiger partial charge in [-0.05, 0) is 12.8 Å². The van der Waals surface area contributed by atoms with Crippen LogP contribution in [0.4, 0.5) is 0 Å². The van der Waals surface area contributed by atoms with E-state index in [-0.39, 0.29) is 18.4 Å². The molecule has 0 radical (unpaired) electrons. The number of aliphatic carboxylic acids is 1. The minimum Gasteiger partial charge on any atom is -0.480 e. The first-order valence-electron chi connectivity index (χ1n) is 3.58. The van der Waals surface area contributed by atoms with Gasteiger partial charge in [-0.2, -0.15) is 0 Å². The lowest BCUT2D eigenvalue weighted by Crippen LogP contribution is -2.30. The van der Waals surface area contributed by atoms with Crippen molar-refractivity contribution in [3.8, 4) is 0 Å². The highest BCUT2D eigenvalue weighted by molar-refractivity contribution is 5.85.